The Kier molecular flexibility index (Phi) is 6.15. The van der Waals surface area contributed by atoms with E-state index in [1.165, 1.54) is 24.3 Å². The van der Waals surface area contributed by atoms with Crippen molar-refractivity contribution < 1.29 is 19.1 Å². The lowest BCUT2D eigenvalue weighted by Gasteiger charge is -2.17. The minimum Gasteiger partial charge on any atom is -0.480 e. The normalized spacial score (nSPS) is 13.6. The fourth-order valence-electron chi connectivity index (χ4n) is 1.82. The fraction of sp³-hybridized carbons (Fsp3) is 0.467. The molecule has 0 saturated heterocycles. The zero-order valence-corrected chi connectivity index (χ0v) is 11.7. The van der Waals surface area contributed by atoms with Crippen LogP contribution in [0.5, 0.6) is 0 Å². The number of hydrogen-bond donors (Lipinski definition) is 2. The lowest BCUT2D eigenvalue weighted by molar-refractivity contribution is -0.142. The van der Waals surface area contributed by atoms with Crippen LogP contribution in [0.25, 0.3) is 0 Å². The molecule has 5 heteroatoms. The Morgan fingerprint density at radius 3 is 2.40 bits per heavy atom. The van der Waals surface area contributed by atoms with Crippen molar-refractivity contribution in [1.82, 2.24) is 5.32 Å². The van der Waals surface area contributed by atoms with Gasteiger partial charge in [-0.2, -0.15) is 0 Å². The monoisotopic (exact) mass is 281 g/mol. The minimum absolute atomic E-state index is 0.0462. The number of benzene rings is 1. The molecular weight excluding hydrogens is 261 g/mol. The Morgan fingerprint density at radius 1 is 1.30 bits per heavy atom. The minimum atomic E-state index is -1.03. The number of nitrogens with one attached hydrogen (secondary N) is 1. The van der Waals surface area contributed by atoms with Gasteiger partial charge < -0.3 is 10.4 Å². The maximum atomic E-state index is 12.7. The van der Waals surface area contributed by atoms with Gasteiger partial charge in [-0.3, -0.25) is 4.79 Å². The second kappa shape index (κ2) is 7.62. The zero-order valence-electron chi connectivity index (χ0n) is 11.7. The molecule has 0 aliphatic rings. The maximum absolute atomic E-state index is 12.7. The molecule has 1 aromatic carbocycles. The first-order chi connectivity index (χ1) is 9.42. The Balaban J connectivity index is 2.57. The average molecular weight is 281 g/mol. The third-order valence-corrected chi connectivity index (χ3v) is 3.25. The number of amides is 1. The Bertz CT molecular complexity index is 459. The maximum Gasteiger partial charge on any atom is 0.326 e. The largest absolute Gasteiger partial charge is 0.480 e. The van der Waals surface area contributed by atoms with Crippen LogP contribution in [0.1, 0.15) is 32.3 Å². The number of aliphatic carboxylic acids is 1. The van der Waals surface area contributed by atoms with Crippen LogP contribution < -0.4 is 5.32 Å². The number of rotatable bonds is 7. The molecule has 2 atom stereocenters. The van der Waals surface area contributed by atoms with Crippen LogP contribution in [0.4, 0.5) is 4.39 Å². The molecule has 0 aliphatic heterocycles. The molecule has 1 aromatic rings. The van der Waals surface area contributed by atoms with Crippen LogP contribution >= 0.6 is 0 Å². The van der Waals surface area contributed by atoms with Gasteiger partial charge in [0.1, 0.15) is 11.9 Å². The molecule has 4 nitrogen and oxygen atoms in total. The molecule has 0 saturated carbocycles. The molecule has 1 rings (SSSR count). The molecule has 0 fully saturated rings. The molecule has 0 spiro atoms. The molecule has 1 unspecified atom stereocenters. The number of hydrogen-bond acceptors (Lipinski definition) is 2. The van der Waals surface area contributed by atoms with E-state index in [1.807, 2.05) is 13.8 Å². The summed E-state index contributed by atoms with van der Waals surface area (Å²) in [6.07, 6.45) is 1.31. The molecule has 0 radical (unpaired) electrons. The van der Waals surface area contributed by atoms with Crippen LogP contribution in [0, 0.1) is 11.7 Å². The van der Waals surface area contributed by atoms with E-state index < -0.39 is 12.0 Å². The molecule has 0 aliphatic carbocycles. The summed E-state index contributed by atoms with van der Waals surface area (Å²) in [5.74, 6) is -1.54. The predicted molar refractivity (Wildman–Crippen MR) is 73.7 cm³/mol. The summed E-state index contributed by atoms with van der Waals surface area (Å²) >= 11 is 0. The Labute approximate surface area is 118 Å². The molecule has 1 amide bonds. The number of carbonyl (C=O) groups is 2. The first-order valence-corrected chi connectivity index (χ1v) is 6.69. The van der Waals surface area contributed by atoms with Gasteiger partial charge in [0.05, 0.1) is 6.42 Å². The zero-order chi connectivity index (χ0) is 15.1. The summed E-state index contributed by atoms with van der Waals surface area (Å²) < 4.78 is 12.7. The van der Waals surface area contributed by atoms with Crippen molar-refractivity contribution in [2.24, 2.45) is 5.92 Å². The summed E-state index contributed by atoms with van der Waals surface area (Å²) in [4.78, 5) is 22.9. The van der Waals surface area contributed by atoms with E-state index in [0.717, 1.165) is 6.42 Å². The highest BCUT2D eigenvalue weighted by Crippen LogP contribution is 2.10. The van der Waals surface area contributed by atoms with E-state index >= 15 is 0 Å². The van der Waals surface area contributed by atoms with Gasteiger partial charge in [-0.1, -0.05) is 32.4 Å². The van der Waals surface area contributed by atoms with Crippen molar-refractivity contribution in [2.75, 3.05) is 0 Å². The highest BCUT2D eigenvalue weighted by Gasteiger charge is 2.21. The van der Waals surface area contributed by atoms with E-state index in [2.05, 4.69) is 5.32 Å². The fourth-order valence-corrected chi connectivity index (χ4v) is 1.82. The quantitative estimate of drug-likeness (QED) is 0.806. The van der Waals surface area contributed by atoms with Gasteiger partial charge in [0.25, 0.3) is 0 Å². The molecule has 0 heterocycles. The SMILES string of the molecule is CCC(C)C[C@H](NC(=O)Cc1ccc(F)cc1)C(=O)O. The standard InChI is InChI=1S/C15H20FNO3/c1-3-10(2)8-13(15(19)20)17-14(18)9-11-4-6-12(16)7-5-11/h4-7,10,13H,3,8-9H2,1-2H3,(H,17,18)(H,19,20)/t10?,13-/m0/s1. The van der Waals surface area contributed by atoms with E-state index in [1.54, 1.807) is 0 Å². The smallest absolute Gasteiger partial charge is 0.326 e. The molecule has 2 N–H and O–H groups in total. The van der Waals surface area contributed by atoms with Crippen molar-refractivity contribution in [3.63, 3.8) is 0 Å². The van der Waals surface area contributed by atoms with Crippen LogP contribution in [-0.2, 0) is 16.0 Å². The lowest BCUT2D eigenvalue weighted by Crippen LogP contribution is -2.42. The van der Waals surface area contributed by atoms with Crippen LogP contribution in [0.3, 0.4) is 0 Å². The van der Waals surface area contributed by atoms with Gasteiger partial charge in [0, 0.05) is 0 Å². The second-order valence-electron chi connectivity index (χ2n) is 5.01. The molecule has 0 bridgehead atoms. The van der Waals surface area contributed by atoms with Crippen molar-refractivity contribution in [3.8, 4) is 0 Å². The second-order valence-corrected chi connectivity index (χ2v) is 5.01. The first kappa shape index (κ1) is 16.1. The van der Waals surface area contributed by atoms with Gasteiger partial charge in [0.15, 0.2) is 0 Å². The topological polar surface area (TPSA) is 66.4 Å². The van der Waals surface area contributed by atoms with E-state index in [9.17, 15) is 14.0 Å². The van der Waals surface area contributed by atoms with Crippen LogP contribution in [0.15, 0.2) is 24.3 Å². The van der Waals surface area contributed by atoms with Crippen molar-refractivity contribution in [2.45, 2.75) is 39.2 Å². The van der Waals surface area contributed by atoms with Crippen molar-refractivity contribution >= 4 is 11.9 Å². The molecule has 20 heavy (non-hydrogen) atoms. The van der Waals surface area contributed by atoms with Crippen molar-refractivity contribution in [1.29, 1.82) is 0 Å². The molecule has 0 aromatic heterocycles. The predicted octanol–water partition coefficient (Wildman–Crippen LogP) is 2.37. The third kappa shape index (κ3) is 5.38. The lowest BCUT2D eigenvalue weighted by atomic mass is 9.99. The van der Waals surface area contributed by atoms with Gasteiger partial charge in [-0.25, -0.2) is 9.18 Å². The Hall–Kier alpha value is -1.91. The Morgan fingerprint density at radius 2 is 1.90 bits per heavy atom. The van der Waals surface area contributed by atoms with Crippen LogP contribution in [0.2, 0.25) is 0 Å². The van der Waals surface area contributed by atoms with Gasteiger partial charge in [-0.05, 0) is 30.0 Å². The van der Waals surface area contributed by atoms with Gasteiger partial charge in [0.2, 0.25) is 5.91 Å². The molecule has 110 valence electrons. The summed E-state index contributed by atoms with van der Waals surface area (Å²) in [5.41, 5.74) is 0.650. The number of carboxylic acid groups (broad SMARTS) is 1. The summed E-state index contributed by atoms with van der Waals surface area (Å²) in [5, 5.41) is 11.6. The highest BCUT2D eigenvalue weighted by molar-refractivity contribution is 5.84. The average Bonchev–Trinajstić information content (AvgIpc) is 2.40. The van der Waals surface area contributed by atoms with E-state index in [-0.39, 0.29) is 24.1 Å². The van der Waals surface area contributed by atoms with Crippen molar-refractivity contribution in [3.05, 3.63) is 35.6 Å². The highest BCUT2D eigenvalue weighted by atomic mass is 19.1. The number of carbonyl (C=O) groups excluding carboxylic acids is 1. The third-order valence-electron chi connectivity index (χ3n) is 3.25. The summed E-state index contributed by atoms with van der Waals surface area (Å²) in [7, 11) is 0. The van der Waals surface area contributed by atoms with Gasteiger partial charge in [-0.15, -0.1) is 0 Å². The van der Waals surface area contributed by atoms with E-state index in [4.69, 9.17) is 5.11 Å². The van der Waals surface area contributed by atoms with Crippen LogP contribution in [-0.4, -0.2) is 23.0 Å². The first-order valence-electron chi connectivity index (χ1n) is 6.69. The van der Waals surface area contributed by atoms with Gasteiger partial charge >= 0.3 is 5.97 Å². The number of carboxylic acids is 1. The summed E-state index contributed by atoms with van der Waals surface area (Å²) in [6, 6.07) is 4.70. The number of halogens is 1. The van der Waals surface area contributed by atoms with E-state index in [0.29, 0.717) is 12.0 Å². The molecular formula is C15H20FNO3. The summed E-state index contributed by atoms with van der Waals surface area (Å²) in [6.45, 7) is 3.92.